The average molecular weight is 368 g/mol. The molecule has 1 aromatic carbocycles. The fraction of sp³-hybridized carbons (Fsp3) is 0.316. The maximum atomic E-state index is 12.5. The highest BCUT2D eigenvalue weighted by molar-refractivity contribution is 7.13. The van der Waals surface area contributed by atoms with E-state index >= 15 is 0 Å². The van der Waals surface area contributed by atoms with Crippen molar-refractivity contribution in [3.05, 3.63) is 41.4 Å². The van der Waals surface area contributed by atoms with Crippen LogP contribution in [0.15, 0.2) is 35.7 Å². The molecule has 134 valence electrons. The van der Waals surface area contributed by atoms with Crippen molar-refractivity contribution >= 4 is 28.1 Å². The van der Waals surface area contributed by atoms with Crippen LogP contribution in [0.25, 0.3) is 21.6 Å². The smallest absolute Gasteiger partial charge is 0.273 e. The molecule has 0 radical (unpaired) electrons. The third-order valence-corrected chi connectivity index (χ3v) is 5.04. The van der Waals surface area contributed by atoms with Crippen LogP contribution in [0.1, 0.15) is 16.9 Å². The fourth-order valence-corrected chi connectivity index (χ4v) is 3.63. The lowest BCUT2D eigenvalue weighted by Gasteiger charge is -2.13. The molecule has 26 heavy (non-hydrogen) atoms. The first-order valence-corrected chi connectivity index (χ1v) is 9.19. The highest BCUT2D eigenvalue weighted by atomic mass is 32.1. The number of carbonyl (C=O) groups is 1. The molecule has 0 aliphatic heterocycles. The van der Waals surface area contributed by atoms with Gasteiger partial charge in [-0.2, -0.15) is 5.26 Å². The van der Waals surface area contributed by atoms with Gasteiger partial charge in [-0.3, -0.25) is 4.79 Å². The van der Waals surface area contributed by atoms with E-state index in [1.165, 1.54) is 16.2 Å². The Morgan fingerprint density at radius 3 is 3.00 bits per heavy atom. The molecule has 0 aliphatic rings. The van der Waals surface area contributed by atoms with Crippen molar-refractivity contribution in [2.75, 3.05) is 27.3 Å². The minimum Gasteiger partial charge on any atom is -0.383 e. The SMILES string of the molecule is COCCn1c(-c2nc(C(=O)N(C)CCC#N)cs2)cc2ccccc21. The van der Waals surface area contributed by atoms with Crippen molar-refractivity contribution in [2.45, 2.75) is 13.0 Å². The van der Waals surface area contributed by atoms with Gasteiger partial charge in [0.25, 0.3) is 5.91 Å². The number of rotatable bonds is 7. The summed E-state index contributed by atoms with van der Waals surface area (Å²) in [5, 5.41) is 12.4. The van der Waals surface area contributed by atoms with Gasteiger partial charge in [0.15, 0.2) is 0 Å². The van der Waals surface area contributed by atoms with Crippen molar-refractivity contribution in [3.63, 3.8) is 0 Å². The second-order valence-electron chi connectivity index (χ2n) is 5.91. The number of para-hydroxylation sites is 1. The number of hydrogen-bond donors (Lipinski definition) is 0. The summed E-state index contributed by atoms with van der Waals surface area (Å²) in [7, 11) is 3.37. The second-order valence-corrected chi connectivity index (χ2v) is 6.76. The Labute approximate surface area is 156 Å². The van der Waals surface area contributed by atoms with Crippen LogP contribution in [0.3, 0.4) is 0 Å². The van der Waals surface area contributed by atoms with Crippen LogP contribution in [0.5, 0.6) is 0 Å². The van der Waals surface area contributed by atoms with Crippen LogP contribution in [0.2, 0.25) is 0 Å². The van der Waals surface area contributed by atoms with Gasteiger partial charge in [-0.15, -0.1) is 11.3 Å². The van der Waals surface area contributed by atoms with E-state index in [1.54, 1.807) is 19.5 Å². The number of methoxy groups -OCH3 is 1. The average Bonchev–Trinajstić information content (AvgIpc) is 3.28. The van der Waals surface area contributed by atoms with Crippen LogP contribution < -0.4 is 0 Å². The third kappa shape index (κ3) is 3.62. The van der Waals surface area contributed by atoms with Gasteiger partial charge in [0.05, 0.1) is 24.8 Å². The van der Waals surface area contributed by atoms with Crippen molar-refractivity contribution in [2.24, 2.45) is 0 Å². The molecule has 0 aliphatic carbocycles. The Morgan fingerprint density at radius 2 is 2.23 bits per heavy atom. The van der Waals surface area contributed by atoms with Crippen molar-refractivity contribution in [1.82, 2.24) is 14.5 Å². The van der Waals surface area contributed by atoms with Crippen molar-refractivity contribution < 1.29 is 9.53 Å². The molecule has 0 bridgehead atoms. The molecule has 1 amide bonds. The fourth-order valence-electron chi connectivity index (χ4n) is 2.82. The molecule has 2 heterocycles. The second kappa shape index (κ2) is 8.13. The highest BCUT2D eigenvalue weighted by Crippen LogP contribution is 2.30. The van der Waals surface area contributed by atoms with E-state index in [0.29, 0.717) is 31.8 Å². The van der Waals surface area contributed by atoms with Gasteiger partial charge in [0.2, 0.25) is 0 Å². The predicted octanol–water partition coefficient (Wildman–Crippen LogP) is 3.40. The third-order valence-electron chi connectivity index (χ3n) is 4.18. The van der Waals surface area contributed by atoms with Gasteiger partial charge in [0.1, 0.15) is 10.7 Å². The number of carbonyl (C=O) groups excluding carboxylic acids is 1. The zero-order valence-corrected chi connectivity index (χ0v) is 15.6. The number of fused-ring (bicyclic) bond motifs is 1. The molecule has 0 unspecified atom stereocenters. The number of ether oxygens (including phenoxy) is 1. The summed E-state index contributed by atoms with van der Waals surface area (Å²) in [5.74, 6) is -0.165. The summed E-state index contributed by atoms with van der Waals surface area (Å²) in [4.78, 5) is 18.5. The standard InChI is InChI=1S/C19H20N4O2S/c1-22(9-5-8-20)19(24)15-13-26-18(21-15)17-12-14-6-3-4-7-16(14)23(17)10-11-25-2/h3-4,6-7,12-13H,5,9-11H2,1-2H3. The number of amides is 1. The van der Waals surface area contributed by atoms with Crippen molar-refractivity contribution in [3.8, 4) is 16.8 Å². The van der Waals surface area contributed by atoms with E-state index in [9.17, 15) is 4.79 Å². The Morgan fingerprint density at radius 1 is 1.42 bits per heavy atom. The topological polar surface area (TPSA) is 71.2 Å². The maximum absolute atomic E-state index is 12.5. The maximum Gasteiger partial charge on any atom is 0.273 e. The minimum absolute atomic E-state index is 0.165. The summed E-state index contributed by atoms with van der Waals surface area (Å²) in [6, 6.07) is 12.3. The van der Waals surface area contributed by atoms with Gasteiger partial charge >= 0.3 is 0 Å². The van der Waals surface area contributed by atoms with Crippen molar-refractivity contribution in [1.29, 1.82) is 5.26 Å². The van der Waals surface area contributed by atoms with Crippen LogP contribution in [-0.2, 0) is 11.3 Å². The van der Waals surface area contributed by atoms with E-state index in [4.69, 9.17) is 10.00 Å². The number of nitriles is 1. The first kappa shape index (κ1) is 18.1. The van der Waals surface area contributed by atoms with E-state index in [0.717, 1.165) is 21.6 Å². The Balaban J connectivity index is 1.94. The lowest BCUT2D eigenvalue weighted by Crippen LogP contribution is -2.27. The summed E-state index contributed by atoms with van der Waals surface area (Å²) in [5.41, 5.74) is 2.51. The lowest BCUT2D eigenvalue weighted by atomic mass is 10.2. The minimum atomic E-state index is -0.165. The number of aromatic nitrogens is 2. The summed E-state index contributed by atoms with van der Waals surface area (Å²) in [6.45, 7) is 1.71. The van der Waals surface area contributed by atoms with Gasteiger partial charge in [-0.05, 0) is 12.1 Å². The van der Waals surface area contributed by atoms with Gasteiger partial charge in [0, 0.05) is 43.5 Å². The molecule has 0 saturated heterocycles. The Bertz CT molecular complexity index is 954. The Kier molecular flexibility index (Phi) is 5.66. The summed E-state index contributed by atoms with van der Waals surface area (Å²) in [6.07, 6.45) is 0.310. The molecule has 0 fully saturated rings. The number of hydrogen-bond acceptors (Lipinski definition) is 5. The van der Waals surface area contributed by atoms with E-state index < -0.39 is 0 Å². The monoisotopic (exact) mass is 368 g/mol. The molecule has 0 N–H and O–H groups in total. The molecule has 0 spiro atoms. The quantitative estimate of drug-likeness (QED) is 0.641. The van der Waals surface area contributed by atoms with Gasteiger partial charge < -0.3 is 14.2 Å². The van der Waals surface area contributed by atoms with Gasteiger partial charge in [-0.1, -0.05) is 18.2 Å². The van der Waals surface area contributed by atoms with E-state index in [1.807, 2.05) is 12.1 Å². The summed E-state index contributed by atoms with van der Waals surface area (Å²) >= 11 is 1.45. The van der Waals surface area contributed by atoms with Crippen LogP contribution in [0, 0.1) is 11.3 Å². The van der Waals surface area contributed by atoms with Gasteiger partial charge in [-0.25, -0.2) is 4.98 Å². The zero-order valence-electron chi connectivity index (χ0n) is 14.8. The number of thiazole rings is 1. The lowest BCUT2D eigenvalue weighted by molar-refractivity contribution is 0.0793. The largest absolute Gasteiger partial charge is 0.383 e. The molecule has 0 atom stereocenters. The Hall–Kier alpha value is -2.69. The molecular formula is C19H20N4O2S. The number of benzene rings is 1. The number of nitrogens with zero attached hydrogens (tertiary/aromatic N) is 4. The molecule has 0 saturated carbocycles. The first-order chi connectivity index (χ1) is 12.7. The molecule has 3 rings (SSSR count). The molecule has 3 aromatic rings. The van der Waals surface area contributed by atoms with Crippen LogP contribution in [-0.4, -0.2) is 47.7 Å². The molecular weight excluding hydrogens is 348 g/mol. The van der Waals surface area contributed by atoms with E-state index in [-0.39, 0.29) is 5.91 Å². The molecule has 6 nitrogen and oxygen atoms in total. The molecule has 2 aromatic heterocycles. The predicted molar refractivity (Wildman–Crippen MR) is 102 cm³/mol. The summed E-state index contributed by atoms with van der Waals surface area (Å²) < 4.78 is 7.41. The van der Waals surface area contributed by atoms with Crippen LogP contribution >= 0.6 is 11.3 Å². The van der Waals surface area contributed by atoms with E-state index in [2.05, 4.69) is 33.8 Å². The first-order valence-electron chi connectivity index (χ1n) is 8.31. The van der Waals surface area contributed by atoms with Crippen LogP contribution in [0.4, 0.5) is 0 Å². The molecule has 7 heteroatoms. The normalized spacial score (nSPS) is 10.8. The highest BCUT2D eigenvalue weighted by Gasteiger charge is 2.18. The zero-order chi connectivity index (χ0) is 18.5.